The molecule has 0 amide bonds. The molecule has 0 spiro atoms. The summed E-state index contributed by atoms with van der Waals surface area (Å²) in [6, 6.07) is 23.3. The zero-order chi connectivity index (χ0) is 19.8. The summed E-state index contributed by atoms with van der Waals surface area (Å²) in [6.45, 7) is 3.95. The van der Waals surface area contributed by atoms with Crippen LogP contribution in [0.1, 0.15) is 23.6 Å². The molecule has 0 N–H and O–H groups in total. The maximum absolute atomic E-state index is 13.3. The van der Waals surface area contributed by atoms with Gasteiger partial charge in [0.05, 0.1) is 0 Å². The first kappa shape index (κ1) is 18.7. The number of benzene rings is 2. The van der Waals surface area contributed by atoms with Gasteiger partial charge in [0.2, 0.25) is 0 Å². The minimum absolute atomic E-state index is 0.172. The van der Waals surface area contributed by atoms with Crippen molar-refractivity contribution in [1.82, 2.24) is 9.47 Å². The summed E-state index contributed by atoms with van der Waals surface area (Å²) in [6.07, 6.45) is 3.27. The van der Waals surface area contributed by atoms with E-state index in [0.717, 1.165) is 37.3 Å². The molecule has 4 heteroatoms. The van der Waals surface area contributed by atoms with Gasteiger partial charge in [-0.25, -0.2) is 0 Å². The number of likely N-dealkylation sites (tertiary alicyclic amines) is 1. The van der Waals surface area contributed by atoms with Crippen molar-refractivity contribution in [3.05, 3.63) is 88.3 Å². The molecule has 0 unspecified atom stereocenters. The van der Waals surface area contributed by atoms with Gasteiger partial charge < -0.3 is 4.57 Å². The van der Waals surface area contributed by atoms with Gasteiger partial charge >= 0.3 is 0 Å². The molecule has 5 rings (SSSR count). The van der Waals surface area contributed by atoms with Gasteiger partial charge in [-0.05, 0) is 54.0 Å². The van der Waals surface area contributed by atoms with Crippen LogP contribution >= 0.6 is 11.8 Å². The van der Waals surface area contributed by atoms with E-state index in [2.05, 4.69) is 76.4 Å². The normalized spacial score (nSPS) is 21.0. The van der Waals surface area contributed by atoms with E-state index in [1.165, 1.54) is 22.6 Å². The summed E-state index contributed by atoms with van der Waals surface area (Å²) in [4.78, 5) is 17.1. The van der Waals surface area contributed by atoms with E-state index in [1.807, 2.05) is 6.07 Å². The highest BCUT2D eigenvalue weighted by molar-refractivity contribution is 7.98. The fraction of sp³-hybridized carbons (Fsp3) is 0.320. The molecule has 0 radical (unpaired) electrons. The van der Waals surface area contributed by atoms with Crippen molar-refractivity contribution in [2.24, 2.45) is 5.92 Å². The molecular weight excluding hydrogens is 376 g/mol. The summed E-state index contributed by atoms with van der Waals surface area (Å²) >= 11 is 1.72. The number of fused-ring (bicyclic) bond motifs is 4. The zero-order valence-electron chi connectivity index (χ0n) is 16.8. The lowest BCUT2D eigenvalue weighted by molar-refractivity contribution is 0.114. The Kier molecular flexibility index (Phi) is 5.06. The predicted molar refractivity (Wildman–Crippen MR) is 120 cm³/mol. The Morgan fingerprint density at radius 3 is 2.48 bits per heavy atom. The second-order valence-corrected chi connectivity index (χ2v) is 9.17. The van der Waals surface area contributed by atoms with Crippen molar-refractivity contribution in [1.29, 1.82) is 0 Å². The minimum atomic E-state index is 0.172. The summed E-state index contributed by atoms with van der Waals surface area (Å²) in [5, 5.41) is 0. The molecule has 2 bridgehead atoms. The number of rotatable bonds is 4. The van der Waals surface area contributed by atoms with Gasteiger partial charge in [-0.15, -0.1) is 11.8 Å². The summed E-state index contributed by atoms with van der Waals surface area (Å²) in [5.74, 6) is 1.00. The third-order valence-electron chi connectivity index (χ3n) is 6.33. The van der Waals surface area contributed by atoms with Crippen molar-refractivity contribution < 1.29 is 0 Å². The first-order valence-corrected chi connectivity index (χ1v) is 11.6. The molecule has 3 heterocycles. The maximum Gasteiger partial charge on any atom is 0.258 e. The van der Waals surface area contributed by atoms with Crippen LogP contribution in [0.25, 0.3) is 11.1 Å². The first-order valence-electron chi connectivity index (χ1n) is 10.4. The molecule has 0 aliphatic carbocycles. The van der Waals surface area contributed by atoms with Crippen molar-refractivity contribution in [2.75, 3.05) is 19.3 Å². The van der Waals surface area contributed by atoms with E-state index in [4.69, 9.17) is 0 Å². The minimum Gasteiger partial charge on any atom is -0.311 e. The van der Waals surface area contributed by atoms with Crippen LogP contribution in [-0.2, 0) is 13.1 Å². The van der Waals surface area contributed by atoms with Crippen molar-refractivity contribution in [3.63, 3.8) is 0 Å². The molecule has 1 aromatic heterocycles. The largest absolute Gasteiger partial charge is 0.311 e. The highest BCUT2D eigenvalue weighted by atomic mass is 32.2. The lowest BCUT2D eigenvalue weighted by atomic mass is 9.82. The Bertz CT molecular complexity index is 1060. The topological polar surface area (TPSA) is 25.2 Å². The number of aromatic nitrogens is 1. The highest BCUT2D eigenvalue weighted by Crippen LogP contribution is 2.36. The fourth-order valence-corrected chi connectivity index (χ4v) is 5.41. The maximum atomic E-state index is 13.3. The van der Waals surface area contributed by atoms with E-state index in [0.29, 0.717) is 11.8 Å². The molecule has 2 aliphatic rings. The van der Waals surface area contributed by atoms with Crippen LogP contribution in [0.4, 0.5) is 0 Å². The Hall–Kier alpha value is -2.30. The van der Waals surface area contributed by atoms with Crippen LogP contribution in [0, 0.1) is 5.92 Å². The van der Waals surface area contributed by atoms with Gasteiger partial charge in [-0.2, -0.15) is 0 Å². The molecule has 29 heavy (non-hydrogen) atoms. The standard InChI is InChI=1S/C25H26N2OS/c1-29-22-9-7-20(8-10-22)23-11-12-24-21-13-19(16-27(24)25(23)28)15-26(17-21)14-18-5-3-2-4-6-18/h2-12,19,21H,13-17H2,1H3/t19-,21-/m1/s1. The lowest BCUT2D eigenvalue weighted by Crippen LogP contribution is -2.46. The van der Waals surface area contributed by atoms with E-state index >= 15 is 0 Å². The zero-order valence-corrected chi connectivity index (χ0v) is 17.6. The lowest BCUT2D eigenvalue weighted by Gasteiger charge is -2.43. The van der Waals surface area contributed by atoms with Crippen LogP contribution in [0.15, 0.2) is 76.4 Å². The Balaban J connectivity index is 1.42. The number of piperidine rings is 1. The van der Waals surface area contributed by atoms with E-state index in [9.17, 15) is 4.79 Å². The number of hydrogen-bond donors (Lipinski definition) is 0. The fourth-order valence-electron chi connectivity index (χ4n) is 5.01. The molecule has 1 saturated heterocycles. The van der Waals surface area contributed by atoms with Gasteiger partial charge in [0.25, 0.3) is 5.56 Å². The van der Waals surface area contributed by atoms with Crippen molar-refractivity contribution in [3.8, 4) is 11.1 Å². The quantitative estimate of drug-likeness (QED) is 0.583. The Morgan fingerprint density at radius 2 is 1.72 bits per heavy atom. The van der Waals surface area contributed by atoms with Gasteiger partial charge in [0.1, 0.15) is 0 Å². The molecule has 3 nitrogen and oxygen atoms in total. The van der Waals surface area contributed by atoms with Crippen LogP contribution in [-0.4, -0.2) is 28.8 Å². The summed E-state index contributed by atoms with van der Waals surface area (Å²) in [7, 11) is 0. The first-order chi connectivity index (χ1) is 14.2. The summed E-state index contributed by atoms with van der Waals surface area (Å²) in [5.41, 5.74) is 4.60. The van der Waals surface area contributed by atoms with E-state index < -0.39 is 0 Å². The van der Waals surface area contributed by atoms with Gasteiger partial charge in [-0.1, -0.05) is 42.5 Å². The van der Waals surface area contributed by atoms with Crippen molar-refractivity contribution in [2.45, 2.75) is 30.3 Å². The predicted octanol–water partition coefficient (Wildman–Crippen LogP) is 4.86. The van der Waals surface area contributed by atoms with E-state index in [-0.39, 0.29) is 5.56 Å². The average Bonchev–Trinajstić information content (AvgIpc) is 2.75. The molecule has 0 saturated carbocycles. The second-order valence-electron chi connectivity index (χ2n) is 8.29. The summed E-state index contributed by atoms with van der Waals surface area (Å²) < 4.78 is 2.07. The Morgan fingerprint density at radius 1 is 0.931 bits per heavy atom. The number of thioether (sulfide) groups is 1. The van der Waals surface area contributed by atoms with Crippen LogP contribution in [0.5, 0.6) is 0 Å². The third-order valence-corrected chi connectivity index (χ3v) is 7.07. The van der Waals surface area contributed by atoms with Crippen LogP contribution in [0.2, 0.25) is 0 Å². The van der Waals surface area contributed by atoms with Crippen molar-refractivity contribution >= 4 is 11.8 Å². The smallest absolute Gasteiger partial charge is 0.258 e. The molecule has 1 fully saturated rings. The van der Waals surface area contributed by atoms with Crippen LogP contribution in [0.3, 0.4) is 0 Å². The second kappa shape index (κ2) is 7.85. The van der Waals surface area contributed by atoms with Crippen LogP contribution < -0.4 is 5.56 Å². The monoisotopic (exact) mass is 402 g/mol. The average molecular weight is 403 g/mol. The van der Waals surface area contributed by atoms with Gasteiger partial charge in [0, 0.05) is 48.2 Å². The molecule has 3 aromatic rings. The van der Waals surface area contributed by atoms with Gasteiger partial charge in [-0.3, -0.25) is 9.69 Å². The molecule has 2 aliphatic heterocycles. The number of pyridine rings is 1. The Labute approximate surface area is 176 Å². The van der Waals surface area contributed by atoms with Gasteiger partial charge in [0.15, 0.2) is 0 Å². The molecule has 2 atom stereocenters. The SMILES string of the molecule is CSc1ccc(-c2ccc3n(c2=O)C[C@@H]2C[C@@H]3CN(Cc3ccccc3)C2)cc1. The molecule has 2 aromatic carbocycles. The molecule has 148 valence electrons. The number of hydrogen-bond acceptors (Lipinski definition) is 3. The highest BCUT2D eigenvalue weighted by Gasteiger charge is 2.34. The number of nitrogens with zero attached hydrogens (tertiary/aromatic N) is 2. The van der Waals surface area contributed by atoms with E-state index in [1.54, 1.807) is 11.8 Å². The third kappa shape index (κ3) is 3.67. The molecular formula is C25H26N2OS.